The zero-order valence-corrected chi connectivity index (χ0v) is 13.1. The van der Waals surface area contributed by atoms with Crippen LogP contribution in [-0.2, 0) is 13.8 Å². The summed E-state index contributed by atoms with van der Waals surface area (Å²) >= 11 is 0. The van der Waals surface area contributed by atoms with Gasteiger partial charge in [-0.15, -0.1) is 0 Å². The first kappa shape index (κ1) is 15.3. The van der Waals surface area contributed by atoms with E-state index in [0.29, 0.717) is 17.2 Å². The van der Waals surface area contributed by atoms with Gasteiger partial charge in [-0.3, -0.25) is 4.79 Å². The second-order valence-electron chi connectivity index (χ2n) is 5.42. The quantitative estimate of drug-likeness (QED) is 0.870. The number of benzene rings is 1. The Kier molecular flexibility index (Phi) is 4.39. The van der Waals surface area contributed by atoms with Gasteiger partial charge in [0.1, 0.15) is 0 Å². The van der Waals surface area contributed by atoms with Gasteiger partial charge >= 0.3 is 0 Å². The number of aryl methyl sites for hydroxylation is 1. The summed E-state index contributed by atoms with van der Waals surface area (Å²) in [6.07, 6.45) is 3.09. The van der Waals surface area contributed by atoms with Crippen LogP contribution in [0.25, 0.3) is 0 Å². The van der Waals surface area contributed by atoms with Crippen molar-refractivity contribution in [2.75, 3.05) is 5.32 Å². The predicted molar refractivity (Wildman–Crippen MR) is 79.4 cm³/mol. The average Bonchev–Trinajstić information content (AvgIpc) is 2.73. The molecule has 2 atom stereocenters. The molecule has 0 bridgehead atoms. The third-order valence-corrected chi connectivity index (χ3v) is 5.39. The summed E-state index contributed by atoms with van der Waals surface area (Å²) in [7, 11) is 1.59. The van der Waals surface area contributed by atoms with Crippen molar-refractivity contribution in [2.45, 2.75) is 38.0 Å². The van der Waals surface area contributed by atoms with Crippen LogP contribution in [0, 0.1) is 18.8 Å². The van der Waals surface area contributed by atoms with E-state index in [1.807, 2.05) is 0 Å². The molecule has 6 heteroatoms. The van der Waals surface area contributed by atoms with Crippen molar-refractivity contribution in [3.63, 3.8) is 0 Å². The van der Waals surface area contributed by atoms with Crippen LogP contribution in [0.4, 0.5) is 5.69 Å². The fraction of sp³-hybridized carbons (Fsp3) is 0.500. The SMILES string of the molecule is Cc1cc(NC(=O)C2CCCC2C)ccc1S(=O)(=O)Cl. The average molecular weight is 316 g/mol. The van der Waals surface area contributed by atoms with Crippen LogP contribution in [0.2, 0.25) is 0 Å². The molecule has 1 saturated carbocycles. The summed E-state index contributed by atoms with van der Waals surface area (Å²) < 4.78 is 22.6. The first-order chi connectivity index (χ1) is 9.29. The number of hydrogen-bond acceptors (Lipinski definition) is 3. The molecule has 1 amide bonds. The molecule has 110 valence electrons. The van der Waals surface area contributed by atoms with E-state index < -0.39 is 9.05 Å². The largest absolute Gasteiger partial charge is 0.326 e. The van der Waals surface area contributed by atoms with E-state index in [1.165, 1.54) is 6.07 Å². The molecule has 0 heterocycles. The summed E-state index contributed by atoms with van der Waals surface area (Å²) in [5.74, 6) is 0.459. The Morgan fingerprint density at radius 1 is 1.35 bits per heavy atom. The van der Waals surface area contributed by atoms with Crippen LogP contribution in [0.3, 0.4) is 0 Å². The molecule has 1 fully saturated rings. The van der Waals surface area contributed by atoms with Gasteiger partial charge in [-0.1, -0.05) is 13.3 Å². The van der Waals surface area contributed by atoms with Gasteiger partial charge in [0.2, 0.25) is 5.91 Å². The molecule has 2 rings (SSSR count). The fourth-order valence-corrected chi connectivity index (χ4v) is 3.96. The molecule has 0 aliphatic heterocycles. The molecular formula is C14H18ClNO3S. The van der Waals surface area contributed by atoms with Crippen LogP contribution >= 0.6 is 10.7 Å². The Morgan fingerprint density at radius 3 is 2.55 bits per heavy atom. The molecule has 1 aromatic rings. The predicted octanol–water partition coefficient (Wildman–Crippen LogP) is 3.30. The normalized spacial score (nSPS) is 22.8. The highest BCUT2D eigenvalue weighted by atomic mass is 35.7. The Balaban J connectivity index is 2.15. The van der Waals surface area contributed by atoms with E-state index in [9.17, 15) is 13.2 Å². The number of nitrogens with one attached hydrogen (secondary N) is 1. The minimum atomic E-state index is -3.74. The number of anilines is 1. The lowest BCUT2D eigenvalue weighted by molar-refractivity contribution is -0.120. The van der Waals surface area contributed by atoms with Crippen molar-refractivity contribution in [3.8, 4) is 0 Å². The van der Waals surface area contributed by atoms with Crippen LogP contribution in [0.5, 0.6) is 0 Å². The van der Waals surface area contributed by atoms with E-state index in [0.717, 1.165) is 19.3 Å². The molecule has 1 N–H and O–H groups in total. The molecule has 1 aliphatic carbocycles. The van der Waals surface area contributed by atoms with Crippen LogP contribution < -0.4 is 5.32 Å². The van der Waals surface area contributed by atoms with Crippen molar-refractivity contribution in [1.29, 1.82) is 0 Å². The lowest BCUT2D eigenvalue weighted by atomic mass is 9.97. The maximum Gasteiger partial charge on any atom is 0.261 e. The van der Waals surface area contributed by atoms with Crippen molar-refractivity contribution in [2.24, 2.45) is 11.8 Å². The smallest absolute Gasteiger partial charge is 0.261 e. The van der Waals surface area contributed by atoms with Gasteiger partial charge in [-0.2, -0.15) is 0 Å². The first-order valence-electron chi connectivity index (χ1n) is 6.65. The van der Waals surface area contributed by atoms with Crippen molar-refractivity contribution in [1.82, 2.24) is 0 Å². The molecule has 20 heavy (non-hydrogen) atoms. The van der Waals surface area contributed by atoms with Gasteiger partial charge in [0.25, 0.3) is 9.05 Å². The second kappa shape index (κ2) is 5.74. The molecule has 0 saturated heterocycles. The highest BCUT2D eigenvalue weighted by Gasteiger charge is 2.29. The summed E-state index contributed by atoms with van der Waals surface area (Å²) in [5, 5.41) is 2.86. The Hall–Kier alpha value is -1.07. The summed E-state index contributed by atoms with van der Waals surface area (Å²) in [5.41, 5.74) is 1.13. The molecule has 0 radical (unpaired) electrons. The lowest BCUT2D eigenvalue weighted by Gasteiger charge is -2.15. The van der Waals surface area contributed by atoms with Crippen molar-refractivity contribution in [3.05, 3.63) is 23.8 Å². The monoisotopic (exact) mass is 315 g/mol. The van der Waals surface area contributed by atoms with E-state index >= 15 is 0 Å². The third-order valence-electron chi connectivity index (χ3n) is 3.90. The Bertz CT molecular complexity index is 627. The minimum Gasteiger partial charge on any atom is -0.326 e. The fourth-order valence-electron chi connectivity index (χ4n) is 2.77. The number of carbonyl (C=O) groups excluding carboxylic acids is 1. The highest BCUT2D eigenvalue weighted by Crippen LogP contribution is 2.32. The maximum absolute atomic E-state index is 12.2. The standard InChI is InChI=1S/C14H18ClNO3S/c1-9-4-3-5-12(9)14(17)16-11-6-7-13(10(2)8-11)20(15,18)19/h6-9,12H,3-5H2,1-2H3,(H,16,17). The summed E-state index contributed by atoms with van der Waals surface area (Å²) in [4.78, 5) is 12.2. The second-order valence-corrected chi connectivity index (χ2v) is 7.96. The zero-order valence-electron chi connectivity index (χ0n) is 11.5. The van der Waals surface area contributed by atoms with E-state index in [-0.39, 0.29) is 16.7 Å². The molecule has 2 unspecified atom stereocenters. The topological polar surface area (TPSA) is 63.2 Å². The molecule has 1 aromatic carbocycles. The summed E-state index contributed by atoms with van der Waals surface area (Å²) in [6, 6.07) is 4.62. The van der Waals surface area contributed by atoms with Crippen LogP contribution in [0.1, 0.15) is 31.7 Å². The third kappa shape index (κ3) is 3.33. The Labute approximate surface area is 123 Å². The maximum atomic E-state index is 12.2. The molecule has 1 aliphatic rings. The van der Waals surface area contributed by atoms with E-state index in [4.69, 9.17) is 10.7 Å². The molecule has 0 spiro atoms. The minimum absolute atomic E-state index is 0.0101. The van der Waals surface area contributed by atoms with E-state index in [1.54, 1.807) is 19.1 Å². The summed E-state index contributed by atoms with van der Waals surface area (Å²) in [6.45, 7) is 3.74. The van der Waals surface area contributed by atoms with Gasteiger partial charge in [0, 0.05) is 22.3 Å². The highest BCUT2D eigenvalue weighted by molar-refractivity contribution is 8.13. The van der Waals surface area contributed by atoms with Gasteiger partial charge in [0.15, 0.2) is 0 Å². The van der Waals surface area contributed by atoms with Gasteiger partial charge in [0.05, 0.1) is 4.90 Å². The molecule has 0 aromatic heterocycles. The number of halogens is 1. The van der Waals surface area contributed by atoms with E-state index in [2.05, 4.69) is 12.2 Å². The van der Waals surface area contributed by atoms with Gasteiger partial charge in [-0.05, 0) is 49.4 Å². The van der Waals surface area contributed by atoms with Gasteiger partial charge in [-0.25, -0.2) is 8.42 Å². The van der Waals surface area contributed by atoms with Crippen LogP contribution in [-0.4, -0.2) is 14.3 Å². The van der Waals surface area contributed by atoms with Crippen molar-refractivity contribution >= 4 is 31.3 Å². The number of rotatable bonds is 3. The number of hydrogen-bond donors (Lipinski definition) is 1. The Morgan fingerprint density at radius 2 is 2.05 bits per heavy atom. The number of amides is 1. The zero-order chi connectivity index (χ0) is 14.9. The van der Waals surface area contributed by atoms with Gasteiger partial charge < -0.3 is 5.32 Å². The molecule has 4 nitrogen and oxygen atoms in total. The number of carbonyl (C=O) groups is 1. The van der Waals surface area contributed by atoms with Crippen LogP contribution in [0.15, 0.2) is 23.1 Å². The molecular weight excluding hydrogens is 298 g/mol. The van der Waals surface area contributed by atoms with Crippen molar-refractivity contribution < 1.29 is 13.2 Å². The first-order valence-corrected chi connectivity index (χ1v) is 8.96. The lowest BCUT2D eigenvalue weighted by Crippen LogP contribution is -2.24.